The van der Waals surface area contributed by atoms with Crippen molar-refractivity contribution in [3.05, 3.63) is 59.7 Å². The number of aromatic carboxylic acids is 1. The van der Waals surface area contributed by atoms with E-state index in [2.05, 4.69) is 5.32 Å². The van der Waals surface area contributed by atoms with Gasteiger partial charge in [0.1, 0.15) is 5.84 Å². The number of anilines is 2. The van der Waals surface area contributed by atoms with Crippen molar-refractivity contribution < 1.29 is 29.3 Å². The van der Waals surface area contributed by atoms with Crippen LogP contribution in [0.1, 0.15) is 22.8 Å². The SMILES string of the molecule is CC(O)(C(=O)Nc1ccc(C(=N)N)cc1)C1OCCN(c2ccc(C(=O)O)cc2)C1=O. The van der Waals surface area contributed by atoms with Gasteiger partial charge in [-0.05, 0) is 55.5 Å². The predicted octanol–water partition coefficient (Wildman–Crippen LogP) is 0.790. The lowest BCUT2D eigenvalue weighted by Gasteiger charge is -2.38. The van der Waals surface area contributed by atoms with Gasteiger partial charge in [-0.1, -0.05) is 0 Å². The highest BCUT2D eigenvalue weighted by molar-refractivity contribution is 6.06. The molecule has 31 heavy (non-hydrogen) atoms. The highest BCUT2D eigenvalue weighted by atomic mass is 16.5. The number of amides is 2. The molecule has 162 valence electrons. The first-order valence-electron chi connectivity index (χ1n) is 9.36. The fraction of sp³-hybridized carbons (Fsp3) is 0.238. The van der Waals surface area contributed by atoms with Crippen molar-refractivity contribution in [1.82, 2.24) is 0 Å². The molecule has 0 radical (unpaired) electrons. The standard InChI is InChI=1S/C21H22N4O6/c1-21(30,20(29)24-14-6-2-12(3-7-14)17(22)23)16-18(26)25(10-11-31-16)15-8-4-13(5-9-15)19(27)28/h2-9,16,30H,10-11H2,1H3,(H3,22,23)(H,24,29)(H,27,28). The minimum absolute atomic E-state index is 0.0724. The van der Waals surface area contributed by atoms with Crippen molar-refractivity contribution in [3.8, 4) is 0 Å². The molecule has 10 heteroatoms. The van der Waals surface area contributed by atoms with Crippen molar-refractivity contribution in [2.75, 3.05) is 23.4 Å². The molecular weight excluding hydrogens is 404 g/mol. The number of nitrogens with two attached hydrogens (primary N) is 1. The van der Waals surface area contributed by atoms with Crippen LogP contribution in [0.4, 0.5) is 11.4 Å². The number of carbonyl (C=O) groups excluding carboxylic acids is 2. The van der Waals surface area contributed by atoms with Crippen LogP contribution < -0.4 is 16.0 Å². The Morgan fingerprint density at radius 1 is 1.16 bits per heavy atom. The average Bonchev–Trinajstić information content (AvgIpc) is 2.74. The summed E-state index contributed by atoms with van der Waals surface area (Å²) < 4.78 is 5.44. The van der Waals surface area contributed by atoms with E-state index in [9.17, 15) is 19.5 Å². The summed E-state index contributed by atoms with van der Waals surface area (Å²) >= 11 is 0. The maximum Gasteiger partial charge on any atom is 0.335 e. The van der Waals surface area contributed by atoms with Gasteiger partial charge in [-0.2, -0.15) is 0 Å². The fourth-order valence-corrected chi connectivity index (χ4v) is 3.14. The number of nitrogen functional groups attached to an aromatic ring is 1. The summed E-state index contributed by atoms with van der Waals surface area (Å²) in [6, 6.07) is 11.8. The molecule has 1 fully saturated rings. The smallest absolute Gasteiger partial charge is 0.335 e. The summed E-state index contributed by atoms with van der Waals surface area (Å²) in [6.45, 7) is 1.45. The lowest BCUT2D eigenvalue weighted by molar-refractivity contribution is -0.164. The molecule has 1 saturated heterocycles. The van der Waals surface area contributed by atoms with Gasteiger partial charge in [0.25, 0.3) is 11.8 Å². The highest BCUT2D eigenvalue weighted by Crippen LogP contribution is 2.26. The van der Waals surface area contributed by atoms with Crippen molar-refractivity contribution in [2.24, 2.45) is 5.73 Å². The van der Waals surface area contributed by atoms with Gasteiger partial charge >= 0.3 is 5.97 Å². The van der Waals surface area contributed by atoms with Gasteiger partial charge in [0, 0.05) is 23.5 Å². The molecule has 2 aromatic rings. The van der Waals surface area contributed by atoms with Crippen LogP contribution in [0.2, 0.25) is 0 Å². The quantitative estimate of drug-likeness (QED) is 0.336. The lowest BCUT2D eigenvalue weighted by Crippen LogP contribution is -2.61. The zero-order valence-corrected chi connectivity index (χ0v) is 16.7. The number of rotatable bonds is 6. The second-order valence-electron chi connectivity index (χ2n) is 7.19. The molecule has 6 N–H and O–H groups in total. The van der Waals surface area contributed by atoms with E-state index >= 15 is 0 Å². The van der Waals surface area contributed by atoms with Gasteiger partial charge in [-0.3, -0.25) is 15.0 Å². The predicted molar refractivity (Wildman–Crippen MR) is 112 cm³/mol. The first-order chi connectivity index (χ1) is 14.6. The first kappa shape index (κ1) is 21.9. The van der Waals surface area contributed by atoms with Crippen LogP contribution in [0.25, 0.3) is 0 Å². The number of carboxylic acids is 1. The molecule has 0 saturated carbocycles. The Balaban J connectivity index is 1.76. The van der Waals surface area contributed by atoms with Gasteiger partial charge in [-0.15, -0.1) is 0 Å². The molecule has 0 spiro atoms. The normalized spacial score (nSPS) is 18.2. The number of hydrogen-bond donors (Lipinski definition) is 5. The number of nitrogens with zero attached hydrogens (tertiary/aromatic N) is 1. The minimum atomic E-state index is -2.18. The van der Waals surface area contributed by atoms with Crippen molar-refractivity contribution in [2.45, 2.75) is 18.6 Å². The highest BCUT2D eigenvalue weighted by Gasteiger charge is 2.48. The summed E-state index contributed by atoms with van der Waals surface area (Å²) in [5.74, 6) is -2.68. The number of nitrogens with one attached hydrogen (secondary N) is 2. The molecule has 1 heterocycles. The fourth-order valence-electron chi connectivity index (χ4n) is 3.14. The Morgan fingerprint density at radius 3 is 2.29 bits per heavy atom. The van der Waals surface area contributed by atoms with E-state index < -0.39 is 29.5 Å². The van der Waals surface area contributed by atoms with Crippen LogP contribution in [0.3, 0.4) is 0 Å². The first-order valence-corrected chi connectivity index (χ1v) is 9.36. The Hall–Kier alpha value is -3.76. The van der Waals surface area contributed by atoms with Crippen LogP contribution >= 0.6 is 0 Å². The number of aliphatic hydroxyl groups is 1. The Morgan fingerprint density at radius 2 is 1.74 bits per heavy atom. The lowest BCUT2D eigenvalue weighted by atomic mass is 9.95. The monoisotopic (exact) mass is 426 g/mol. The Labute approximate surface area is 177 Å². The summed E-state index contributed by atoms with van der Waals surface area (Å²) in [6.07, 6.45) is -1.46. The zero-order chi connectivity index (χ0) is 22.8. The zero-order valence-electron chi connectivity index (χ0n) is 16.7. The number of carbonyl (C=O) groups is 3. The number of benzene rings is 2. The van der Waals surface area contributed by atoms with Crippen molar-refractivity contribution in [1.29, 1.82) is 5.41 Å². The third-order valence-corrected chi connectivity index (χ3v) is 4.94. The number of ether oxygens (including phenoxy) is 1. The average molecular weight is 426 g/mol. The molecule has 10 nitrogen and oxygen atoms in total. The minimum Gasteiger partial charge on any atom is -0.478 e. The van der Waals surface area contributed by atoms with Crippen LogP contribution in [-0.4, -0.2) is 58.7 Å². The molecule has 0 aliphatic carbocycles. The molecule has 2 amide bonds. The van der Waals surface area contributed by atoms with Crippen LogP contribution in [0.5, 0.6) is 0 Å². The number of carboxylic acid groups (broad SMARTS) is 1. The molecular formula is C21H22N4O6. The summed E-state index contributed by atoms with van der Waals surface area (Å²) in [7, 11) is 0. The third-order valence-electron chi connectivity index (χ3n) is 4.94. The van der Waals surface area contributed by atoms with Gasteiger partial charge in [-0.25, -0.2) is 4.79 Å². The Bertz CT molecular complexity index is 1020. The molecule has 0 aromatic heterocycles. The van der Waals surface area contributed by atoms with Crippen LogP contribution in [-0.2, 0) is 14.3 Å². The summed E-state index contributed by atoms with van der Waals surface area (Å²) in [5.41, 5.74) is 4.54. The van der Waals surface area contributed by atoms with E-state index in [1.54, 1.807) is 0 Å². The molecule has 1 aliphatic heterocycles. The topological polar surface area (TPSA) is 166 Å². The summed E-state index contributed by atoms with van der Waals surface area (Å²) in [4.78, 5) is 38.0. The van der Waals surface area contributed by atoms with Crippen molar-refractivity contribution >= 4 is 35.0 Å². The van der Waals surface area contributed by atoms with Gasteiger partial charge in [0.05, 0.1) is 12.2 Å². The van der Waals surface area contributed by atoms with E-state index in [-0.39, 0.29) is 24.6 Å². The number of morpholine rings is 1. The largest absolute Gasteiger partial charge is 0.478 e. The van der Waals surface area contributed by atoms with E-state index in [0.29, 0.717) is 16.9 Å². The second kappa shape index (κ2) is 8.54. The van der Waals surface area contributed by atoms with E-state index in [1.807, 2.05) is 0 Å². The number of amidine groups is 1. The number of hydrogen-bond acceptors (Lipinski definition) is 6. The molecule has 2 aromatic carbocycles. The van der Waals surface area contributed by atoms with Gasteiger partial charge in [0.15, 0.2) is 11.7 Å². The molecule has 0 bridgehead atoms. The maximum atomic E-state index is 13.0. The van der Waals surface area contributed by atoms with E-state index in [4.69, 9.17) is 21.0 Å². The Kier molecular flexibility index (Phi) is 6.04. The second-order valence-corrected chi connectivity index (χ2v) is 7.19. The molecule has 2 unspecified atom stereocenters. The van der Waals surface area contributed by atoms with E-state index in [0.717, 1.165) is 0 Å². The van der Waals surface area contributed by atoms with Gasteiger partial charge in [0.2, 0.25) is 0 Å². The maximum absolute atomic E-state index is 13.0. The summed E-state index contributed by atoms with van der Waals surface area (Å²) in [5, 5.41) is 29.8. The van der Waals surface area contributed by atoms with Crippen LogP contribution in [0, 0.1) is 5.41 Å². The van der Waals surface area contributed by atoms with Crippen LogP contribution in [0.15, 0.2) is 48.5 Å². The van der Waals surface area contributed by atoms with Gasteiger partial charge < -0.3 is 30.9 Å². The third kappa shape index (κ3) is 4.55. The van der Waals surface area contributed by atoms with E-state index in [1.165, 1.54) is 60.4 Å². The van der Waals surface area contributed by atoms with Crippen molar-refractivity contribution in [3.63, 3.8) is 0 Å². The molecule has 3 rings (SSSR count). The molecule has 1 aliphatic rings. The molecule has 2 atom stereocenters.